The minimum absolute atomic E-state index is 0.0296. The Labute approximate surface area is 100 Å². The first-order valence-electron chi connectivity index (χ1n) is 5.51. The fourth-order valence-corrected chi connectivity index (χ4v) is 1.64. The largest absolute Gasteiger partial charge is 0.487 e. The van der Waals surface area contributed by atoms with Gasteiger partial charge < -0.3 is 14.8 Å². The average molecular weight is 233 g/mol. The lowest BCUT2D eigenvalue weighted by atomic mass is 10.1. The molecule has 1 aromatic rings. The van der Waals surface area contributed by atoms with Gasteiger partial charge in [0.05, 0.1) is 17.9 Å². The van der Waals surface area contributed by atoms with E-state index in [1.807, 2.05) is 12.1 Å². The Bertz CT molecular complexity index is 440. The maximum Gasteiger partial charge on any atom is 0.191 e. The van der Waals surface area contributed by atoms with Gasteiger partial charge in [-0.15, -0.1) is 0 Å². The van der Waals surface area contributed by atoms with Crippen LogP contribution in [0.15, 0.2) is 36.0 Å². The fraction of sp³-hybridized carbons (Fsp3) is 0.308. The minimum Gasteiger partial charge on any atom is -0.487 e. The van der Waals surface area contributed by atoms with E-state index in [4.69, 9.17) is 9.47 Å². The molecule has 1 aliphatic rings. The molecule has 0 amide bonds. The highest BCUT2D eigenvalue weighted by Crippen LogP contribution is 2.22. The molecular weight excluding hydrogens is 218 g/mol. The van der Waals surface area contributed by atoms with Gasteiger partial charge in [0.1, 0.15) is 12.4 Å². The van der Waals surface area contributed by atoms with Crippen molar-refractivity contribution >= 4 is 5.78 Å². The monoisotopic (exact) mass is 233 g/mol. The highest BCUT2D eigenvalue weighted by molar-refractivity contribution is 6.07. The lowest BCUT2D eigenvalue weighted by Gasteiger charge is -2.09. The summed E-state index contributed by atoms with van der Waals surface area (Å²) in [6.07, 6.45) is 1.58. The number of ketones is 1. The van der Waals surface area contributed by atoms with Gasteiger partial charge in [-0.05, 0) is 12.1 Å². The summed E-state index contributed by atoms with van der Waals surface area (Å²) in [5.74, 6) is 0.607. The van der Waals surface area contributed by atoms with E-state index < -0.39 is 0 Å². The Morgan fingerprint density at radius 1 is 1.41 bits per heavy atom. The maximum absolute atomic E-state index is 11.9. The molecule has 0 saturated heterocycles. The van der Waals surface area contributed by atoms with Gasteiger partial charge in [-0.3, -0.25) is 4.79 Å². The number of hydrogen-bond donors (Lipinski definition) is 1. The van der Waals surface area contributed by atoms with Crippen molar-refractivity contribution in [2.45, 2.75) is 0 Å². The summed E-state index contributed by atoms with van der Waals surface area (Å²) in [6.45, 7) is 1.64. The van der Waals surface area contributed by atoms with E-state index in [-0.39, 0.29) is 5.78 Å². The second kappa shape index (κ2) is 5.50. The third kappa shape index (κ3) is 2.85. The number of nitrogens with one attached hydrogen (secondary N) is 1. The summed E-state index contributed by atoms with van der Waals surface area (Å²) in [6, 6.07) is 7.26. The van der Waals surface area contributed by atoms with Gasteiger partial charge in [0, 0.05) is 19.7 Å². The van der Waals surface area contributed by atoms with Crippen LogP contribution in [0.4, 0.5) is 0 Å². The van der Waals surface area contributed by atoms with Crippen LogP contribution in [0.1, 0.15) is 10.4 Å². The average Bonchev–Trinajstić information content (AvgIpc) is 2.50. The SMILES string of the molecule is COCCNC1=CC(=O)c2ccccc2OC1. The molecule has 0 fully saturated rings. The van der Waals surface area contributed by atoms with E-state index in [0.29, 0.717) is 31.1 Å². The molecule has 90 valence electrons. The van der Waals surface area contributed by atoms with Crippen molar-refractivity contribution in [3.8, 4) is 5.75 Å². The number of para-hydroxylation sites is 1. The molecule has 0 aliphatic carbocycles. The van der Waals surface area contributed by atoms with E-state index in [0.717, 1.165) is 5.70 Å². The smallest absolute Gasteiger partial charge is 0.191 e. The zero-order valence-electron chi connectivity index (χ0n) is 9.73. The van der Waals surface area contributed by atoms with Gasteiger partial charge >= 0.3 is 0 Å². The molecular formula is C13H15NO3. The van der Waals surface area contributed by atoms with E-state index in [1.165, 1.54) is 0 Å². The van der Waals surface area contributed by atoms with Crippen LogP contribution in [0.25, 0.3) is 0 Å². The topological polar surface area (TPSA) is 47.6 Å². The first-order valence-corrected chi connectivity index (χ1v) is 5.51. The first kappa shape index (κ1) is 11.7. The molecule has 0 saturated carbocycles. The Kier molecular flexibility index (Phi) is 3.77. The minimum atomic E-state index is -0.0296. The number of hydrogen-bond acceptors (Lipinski definition) is 4. The van der Waals surface area contributed by atoms with Crippen LogP contribution in [0, 0.1) is 0 Å². The van der Waals surface area contributed by atoms with Crippen molar-refractivity contribution < 1.29 is 14.3 Å². The Morgan fingerprint density at radius 2 is 2.24 bits per heavy atom. The summed E-state index contributed by atoms with van der Waals surface area (Å²) in [5.41, 5.74) is 1.39. The molecule has 0 spiro atoms. The molecule has 0 atom stereocenters. The molecule has 1 aromatic carbocycles. The van der Waals surface area contributed by atoms with Crippen molar-refractivity contribution in [2.24, 2.45) is 0 Å². The molecule has 0 radical (unpaired) electrons. The third-order valence-electron chi connectivity index (χ3n) is 2.50. The van der Waals surface area contributed by atoms with Crippen LogP contribution in [-0.4, -0.2) is 32.7 Å². The lowest BCUT2D eigenvalue weighted by Crippen LogP contribution is -2.22. The van der Waals surface area contributed by atoms with E-state index in [2.05, 4.69) is 5.32 Å². The number of methoxy groups -OCH3 is 1. The molecule has 4 heteroatoms. The zero-order chi connectivity index (χ0) is 12.1. The van der Waals surface area contributed by atoms with Crippen LogP contribution >= 0.6 is 0 Å². The van der Waals surface area contributed by atoms with E-state index in [9.17, 15) is 4.79 Å². The Hall–Kier alpha value is -1.81. The standard InChI is InChI=1S/C13H15NO3/c1-16-7-6-14-10-8-12(15)11-4-2-3-5-13(11)17-9-10/h2-5,8,14H,6-7,9H2,1H3. The van der Waals surface area contributed by atoms with Crippen molar-refractivity contribution in [1.82, 2.24) is 5.32 Å². The number of allylic oxidation sites excluding steroid dienone is 1. The number of ether oxygens (including phenoxy) is 2. The second-order valence-electron chi connectivity index (χ2n) is 3.74. The Morgan fingerprint density at radius 3 is 3.06 bits per heavy atom. The summed E-state index contributed by atoms with van der Waals surface area (Å²) < 4.78 is 10.5. The number of benzene rings is 1. The van der Waals surface area contributed by atoms with Gasteiger partial charge in [0.25, 0.3) is 0 Å². The van der Waals surface area contributed by atoms with Gasteiger partial charge in [-0.25, -0.2) is 0 Å². The number of fused-ring (bicyclic) bond motifs is 1. The number of carbonyl (C=O) groups is 1. The molecule has 2 rings (SSSR count). The molecule has 17 heavy (non-hydrogen) atoms. The molecule has 1 aliphatic heterocycles. The molecule has 0 bridgehead atoms. The van der Waals surface area contributed by atoms with Crippen LogP contribution in [-0.2, 0) is 4.74 Å². The van der Waals surface area contributed by atoms with E-state index >= 15 is 0 Å². The van der Waals surface area contributed by atoms with Crippen molar-refractivity contribution in [3.05, 3.63) is 41.6 Å². The van der Waals surface area contributed by atoms with Crippen LogP contribution in [0.3, 0.4) is 0 Å². The van der Waals surface area contributed by atoms with E-state index in [1.54, 1.807) is 25.3 Å². The van der Waals surface area contributed by atoms with Crippen LogP contribution in [0.5, 0.6) is 5.75 Å². The molecule has 0 aromatic heterocycles. The van der Waals surface area contributed by atoms with Crippen molar-refractivity contribution in [2.75, 3.05) is 26.9 Å². The predicted molar refractivity (Wildman–Crippen MR) is 64.2 cm³/mol. The number of rotatable bonds is 4. The fourth-order valence-electron chi connectivity index (χ4n) is 1.64. The van der Waals surface area contributed by atoms with Gasteiger partial charge in [-0.2, -0.15) is 0 Å². The highest BCUT2D eigenvalue weighted by Gasteiger charge is 2.15. The molecule has 0 unspecified atom stereocenters. The van der Waals surface area contributed by atoms with Gasteiger partial charge in [-0.1, -0.05) is 12.1 Å². The highest BCUT2D eigenvalue weighted by atomic mass is 16.5. The van der Waals surface area contributed by atoms with Crippen molar-refractivity contribution in [3.63, 3.8) is 0 Å². The lowest BCUT2D eigenvalue weighted by molar-refractivity contribution is 0.104. The summed E-state index contributed by atoms with van der Waals surface area (Å²) in [4.78, 5) is 11.9. The molecule has 1 N–H and O–H groups in total. The molecule has 4 nitrogen and oxygen atoms in total. The normalized spacial score (nSPS) is 14.4. The van der Waals surface area contributed by atoms with Crippen molar-refractivity contribution in [1.29, 1.82) is 0 Å². The summed E-state index contributed by atoms with van der Waals surface area (Å²) >= 11 is 0. The third-order valence-corrected chi connectivity index (χ3v) is 2.50. The predicted octanol–water partition coefficient (Wildman–Crippen LogP) is 1.38. The second-order valence-corrected chi connectivity index (χ2v) is 3.74. The maximum atomic E-state index is 11.9. The summed E-state index contributed by atoms with van der Waals surface area (Å²) in [5, 5.41) is 3.12. The van der Waals surface area contributed by atoms with Crippen LogP contribution in [0.2, 0.25) is 0 Å². The Balaban J connectivity index is 2.09. The van der Waals surface area contributed by atoms with Gasteiger partial charge in [0.15, 0.2) is 5.78 Å². The molecule has 1 heterocycles. The van der Waals surface area contributed by atoms with Crippen LogP contribution < -0.4 is 10.1 Å². The quantitative estimate of drug-likeness (QED) is 0.798. The first-order chi connectivity index (χ1) is 8.31. The van der Waals surface area contributed by atoms with Gasteiger partial charge in [0.2, 0.25) is 0 Å². The zero-order valence-corrected chi connectivity index (χ0v) is 9.73. The summed E-state index contributed by atoms with van der Waals surface area (Å²) in [7, 11) is 1.64. The number of carbonyl (C=O) groups excluding carboxylic acids is 1.